The average Bonchev–Trinajstić information content (AvgIpc) is 2.40. The SMILES string of the molecule is COCCOCC(O)COc1cc(F)cc(CN)c1. The quantitative estimate of drug-likeness (QED) is 0.647. The van der Waals surface area contributed by atoms with Gasteiger partial charge in [-0.3, -0.25) is 0 Å². The zero-order valence-corrected chi connectivity index (χ0v) is 11.0. The molecule has 0 aliphatic carbocycles. The monoisotopic (exact) mass is 273 g/mol. The van der Waals surface area contributed by atoms with E-state index in [0.29, 0.717) is 24.5 Å². The minimum Gasteiger partial charge on any atom is -0.491 e. The van der Waals surface area contributed by atoms with E-state index in [1.165, 1.54) is 12.1 Å². The maximum Gasteiger partial charge on any atom is 0.127 e. The Labute approximate surface area is 112 Å². The molecule has 0 saturated carbocycles. The summed E-state index contributed by atoms with van der Waals surface area (Å²) in [6.07, 6.45) is -0.776. The number of aliphatic hydroxyl groups is 1. The van der Waals surface area contributed by atoms with Gasteiger partial charge in [-0.2, -0.15) is 0 Å². The van der Waals surface area contributed by atoms with Crippen LogP contribution in [0.25, 0.3) is 0 Å². The summed E-state index contributed by atoms with van der Waals surface area (Å²) < 4.78 is 28.4. The Morgan fingerprint density at radius 3 is 2.74 bits per heavy atom. The van der Waals surface area contributed by atoms with Gasteiger partial charge < -0.3 is 25.1 Å². The Balaban J connectivity index is 2.33. The largest absolute Gasteiger partial charge is 0.491 e. The average molecular weight is 273 g/mol. The molecule has 1 rings (SSSR count). The van der Waals surface area contributed by atoms with Crippen LogP contribution in [0.2, 0.25) is 0 Å². The van der Waals surface area contributed by atoms with Crippen LogP contribution in [-0.2, 0) is 16.0 Å². The molecule has 0 spiro atoms. The maximum absolute atomic E-state index is 13.2. The molecule has 108 valence electrons. The predicted molar refractivity (Wildman–Crippen MR) is 68.5 cm³/mol. The predicted octanol–water partition coefficient (Wildman–Crippen LogP) is 0.687. The fourth-order valence-electron chi connectivity index (χ4n) is 1.42. The molecule has 0 radical (unpaired) electrons. The first-order valence-electron chi connectivity index (χ1n) is 6.02. The number of nitrogens with two attached hydrogens (primary N) is 1. The van der Waals surface area contributed by atoms with Crippen molar-refractivity contribution in [2.75, 3.05) is 33.5 Å². The highest BCUT2D eigenvalue weighted by molar-refractivity contribution is 5.29. The van der Waals surface area contributed by atoms with Crippen molar-refractivity contribution in [3.8, 4) is 5.75 Å². The first kappa shape index (κ1) is 15.8. The lowest BCUT2D eigenvalue weighted by molar-refractivity contribution is -0.00424. The molecule has 0 fully saturated rings. The highest BCUT2D eigenvalue weighted by Gasteiger charge is 2.07. The fourth-order valence-corrected chi connectivity index (χ4v) is 1.42. The second-order valence-corrected chi connectivity index (χ2v) is 4.03. The van der Waals surface area contributed by atoms with Crippen molar-refractivity contribution in [1.82, 2.24) is 0 Å². The highest BCUT2D eigenvalue weighted by Crippen LogP contribution is 2.16. The number of ether oxygens (including phenoxy) is 3. The third-order valence-corrected chi connectivity index (χ3v) is 2.35. The number of methoxy groups -OCH3 is 1. The van der Waals surface area contributed by atoms with Crippen LogP contribution in [0.4, 0.5) is 4.39 Å². The number of rotatable bonds is 9. The van der Waals surface area contributed by atoms with E-state index >= 15 is 0 Å². The molecule has 1 atom stereocenters. The molecule has 0 saturated heterocycles. The van der Waals surface area contributed by atoms with E-state index in [4.69, 9.17) is 19.9 Å². The molecule has 0 aliphatic heterocycles. The van der Waals surface area contributed by atoms with E-state index in [1.807, 2.05) is 0 Å². The van der Waals surface area contributed by atoms with E-state index in [1.54, 1.807) is 13.2 Å². The van der Waals surface area contributed by atoms with E-state index < -0.39 is 11.9 Å². The molecule has 1 aromatic rings. The van der Waals surface area contributed by atoms with Gasteiger partial charge in [-0.25, -0.2) is 4.39 Å². The molecule has 1 unspecified atom stereocenters. The van der Waals surface area contributed by atoms with Crippen molar-refractivity contribution in [1.29, 1.82) is 0 Å². The van der Waals surface area contributed by atoms with E-state index in [-0.39, 0.29) is 19.8 Å². The summed E-state index contributed by atoms with van der Waals surface area (Å²) >= 11 is 0. The Bertz CT molecular complexity index is 376. The van der Waals surface area contributed by atoms with Gasteiger partial charge >= 0.3 is 0 Å². The Morgan fingerprint density at radius 2 is 2.05 bits per heavy atom. The van der Waals surface area contributed by atoms with Crippen molar-refractivity contribution in [3.05, 3.63) is 29.6 Å². The molecule has 0 amide bonds. The van der Waals surface area contributed by atoms with Crippen LogP contribution in [-0.4, -0.2) is 44.7 Å². The summed E-state index contributed by atoms with van der Waals surface area (Å²) in [6, 6.07) is 4.23. The first-order valence-corrected chi connectivity index (χ1v) is 6.02. The van der Waals surface area contributed by atoms with Crippen LogP contribution >= 0.6 is 0 Å². The van der Waals surface area contributed by atoms with Crippen LogP contribution < -0.4 is 10.5 Å². The molecule has 0 bridgehead atoms. The summed E-state index contributed by atoms with van der Waals surface area (Å²) in [6.45, 7) is 1.28. The van der Waals surface area contributed by atoms with Gasteiger partial charge in [0.1, 0.15) is 24.3 Å². The van der Waals surface area contributed by atoms with Crippen LogP contribution in [0.3, 0.4) is 0 Å². The first-order chi connectivity index (χ1) is 9.15. The molecular formula is C13H20FNO4. The molecule has 0 aliphatic rings. The van der Waals surface area contributed by atoms with Gasteiger partial charge in [-0.15, -0.1) is 0 Å². The van der Waals surface area contributed by atoms with Crippen molar-refractivity contribution < 1.29 is 23.7 Å². The molecule has 5 nitrogen and oxygen atoms in total. The minimum atomic E-state index is -0.776. The number of hydrogen-bond donors (Lipinski definition) is 2. The van der Waals surface area contributed by atoms with E-state index in [2.05, 4.69) is 0 Å². The van der Waals surface area contributed by atoms with E-state index in [9.17, 15) is 9.50 Å². The van der Waals surface area contributed by atoms with Gasteiger partial charge in [0, 0.05) is 19.7 Å². The molecule has 0 aromatic heterocycles. The summed E-state index contributed by atoms with van der Waals surface area (Å²) in [7, 11) is 1.57. The lowest BCUT2D eigenvalue weighted by Crippen LogP contribution is -2.24. The molecular weight excluding hydrogens is 253 g/mol. The smallest absolute Gasteiger partial charge is 0.127 e. The lowest BCUT2D eigenvalue weighted by atomic mass is 10.2. The summed E-state index contributed by atoms with van der Waals surface area (Å²) in [5.74, 6) is -0.0693. The Hall–Kier alpha value is -1.21. The van der Waals surface area contributed by atoms with E-state index in [0.717, 1.165) is 0 Å². The molecule has 6 heteroatoms. The maximum atomic E-state index is 13.2. The zero-order chi connectivity index (χ0) is 14.1. The summed E-state index contributed by atoms with van der Waals surface area (Å²) in [4.78, 5) is 0. The third kappa shape index (κ3) is 6.49. The van der Waals surface area contributed by atoms with Crippen LogP contribution in [0, 0.1) is 5.82 Å². The molecule has 0 heterocycles. The standard InChI is InChI=1S/C13H20FNO4/c1-17-2-3-18-8-12(16)9-19-13-5-10(7-15)4-11(14)6-13/h4-6,12,16H,2-3,7-9,15H2,1H3. The number of aliphatic hydroxyl groups excluding tert-OH is 1. The van der Waals surface area contributed by atoms with Gasteiger partial charge in [0.05, 0.1) is 19.8 Å². The topological polar surface area (TPSA) is 73.9 Å². The lowest BCUT2D eigenvalue weighted by Gasteiger charge is -2.13. The van der Waals surface area contributed by atoms with Crippen LogP contribution in [0.15, 0.2) is 18.2 Å². The summed E-state index contributed by atoms with van der Waals surface area (Å²) in [5, 5.41) is 9.60. The van der Waals surface area contributed by atoms with Crippen LogP contribution in [0.5, 0.6) is 5.75 Å². The number of benzene rings is 1. The normalized spacial score (nSPS) is 12.4. The Kier molecular flexibility index (Phi) is 7.35. The van der Waals surface area contributed by atoms with Gasteiger partial charge in [0.15, 0.2) is 0 Å². The summed E-state index contributed by atoms with van der Waals surface area (Å²) in [5.41, 5.74) is 6.07. The fraction of sp³-hybridized carbons (Fsp3) is 0.538. The third-order valence-electron chi connectivity index (χ3n) is 2.35. The number of halogens is 1. The van der Waals surface area contributed by atoms with Crippen molar-refractivity contribution in [3.63, 3.8) is 0 Å². The minimum absolute atomic E-state index is 0.0282. The van der Waals surface area contributed by atoms with Gasteiger partial charge in [-0.05, 0) is 17.7 Å². The molecule has 3 N–H and O–H groups in total. The molecule has 1 aromatic carbocycles. The Morgan fingerprint density at radius 1 is 1.26 bits per heavy atom. The van der Waals surface area contributed by atoms with Crippen molar-refractivity contribution >= 4 is 0 Å². The van der Waals surface area contributed by atoms with Gasteiger partial charge in [0.25, 0.3) is 0 Å². The van der Waals surface area contributed by atoms with Crippen LogP contribution in [0.1, 0.15) is 5.56 Å². The second kappa shape index (κ2) is 8.82. The zero-order valence-electron chi connectivity index (χ0n) is 11.0. The van der Waals surface area contributed by atoms with Gasteiger partial charge in [-0.1, -0.05) is 0 Å². The number of hydrogen-bond acceptors (Lipinski definition) is 5. The highest BCUT2D eigenvalue weighted by atomic mass is 19.1. The van der Waals surface area contributed by atoms with Crippen molar-refractivity contribution in [2.24, 2.45) is 5.73 Å². The van der Waals surface area contributed by atoms with Gasteiger partial charge in [0.2, 0.25) is 0 Å². The molecule has 19 heavy (non-hydrogen) atoms. The second-order valence-electron chi connectivity index (χ2n) is 4.03. The van der Waals surface area contributed by atoms with Crippen molar-refractivity contribution in [2.45, 2.75) is 12.6 Å².